The molecule has 36 heavy (non-hydrogen) atoms. The van der Waals surface area contributed by atoms with Gasteiger partial charge in [0.2, 0.25) is 11.6 Å². The normalized spacial score (nSPS) is 11.5. The number of ether oxygens (including phenoxy) is 2. The van der Waals surface area contributed by atoms with Crippen molar-refractivity contribution in [2.45, 2.75) is 26.2 Å². The Morgan fingerprint density at radius 2 is 1.97 bits per heavy atom. The van der Waals surface area contributed by atoms with E-state index < -0.39 is 29.5 Å². The second kappa shape index (κ2) is 10.1. The summed E-state index contributed by atoms with van der Waals surface area (Å²) >= 11 is 0. The van der Waals surface area contributed by atoms with Gasteiger partial charge in [0.05, 0.1) is 19.3 Å². The Kier molecular flexibility index (Phi) is 6.90. The van der Waals surface area contributed by atoms with Crippen LogP contribution >= 0.6 is 0 Å². The summed E-state index contributed by atoms with van der Waals surface area (Å²) in [5, 5.41) is 7.39. The number of nitrogens with two attached hydrogens (primary N) is 1. The van der Waals surface area contributed by atoms with E-state index in [1.807, 2.05) is 0 Å². The fourth-order valence-corrected chi connectivity index (χ4v) is 3.41. The largest absolute Gasteiger partial charge is 0.476 e. The molecule has 9 nitrogen and oxygen atoms in total. The average molecular weight is 504 g/mol. The SMILES string of the molecule is CCOc1ncc(Cn2cc(OC(=O)NCc3ccc4c(N)nccc4c3)c(C(F)(F)F)n2)cc1F. The number of anilines is 1. The molecule has 3 heterocycles. The van der Waals surface area contributed by atoms with Crippen LogP contribution in [0, 0.1) is 5.82 Å². The molecule has 0 fully saturated rings. The molecule has 13 heteroatoms. The van der Waals surface area contributed by atoms with Gasteiger partial charge in [-0.1, -0.05) is 12.1 Å². The zero-order chi connectivity index (χ0) is 25.9. The lowest BCUT2D eigenvalue weighted by molar-refractivity contribution is -0.142. The molecule has 1 aromatic carbocycles. The molecule has 0 aliphatic heterocycles. The van der Waals surface area contributed by atoms with E-state index in [4.69, 9.17) is 15.2 Å². The lowest BCUT2D eigenvalue weighted by atomic mass is 10.1. The van der Waals surface area contributed by atoms with E-state index >= 15 is 0 Å². The molecule has 4 aromatic rings. The van der Waals surface area contributed by atoms with Gasteiger partial charge in [-0.3, -0.25) is 4.68 Å². The molecule has 188 valence electrons. The topological polar surface area (TPSA) is 117 Å². The molecule has 0 atom stereocenters. The number of rotatable bonds is 7. The molecule has 0 aliphatic carbocycles. The minimum atomic E-state index is -4.89. The highest BCUT2D eigenvalue weighted by Crippen LogP contribution is 2.35. The summed E-state index contributed by atoms with van der Waals surface area (Å²) in [7, 11) is 0. The highest BCUT2D eigenvalue weighted by molar-refractivity contribution is 5.91. The van der Waals surface area contributed by atoms with E-state index in [2.05, 4.69) is 20.4 Å². The Morgan fingerprint density at radius 3 is 2.69 bits per heavy atom. The van der Waals surface area contributed by atoms with Crippen molar-refractivity contribution in [1.82, 2.24) is 25.1 Å². The summed E-state index contributed by atoms with van der Waals surface area (Å²) in [4.78, 5) is 20.0. The number of fused-ring (bicyclic) bond motifs is 1. The standard InChI is InChI=1S/C23H20F4N6O3/c1-2-35-21-17(24)8-14(10-30-21)11-33-12-18(19(32-33)23(25,26)27)36-22(34)31-9-13-3-4-16-15(7-13)5-6-29-20(16)28/h3-8,10,12H,2,9,11H2,1H3,(H2,28,29)(H,31,34). The zero-order valence-corrected chi connectivity index (χ0v) is 18.8. The van der Waals surface area contributed by atoms with Gasteiger partial charge >= 0.3 is 12.3 Å². The molecule has 0 aliphatic rings. The molecule has 0 saturated heterocycles. The van der Waals surface area contributed by atoms with E-state index in [1.165, 1.54) is 12.4 Å². The van der Waals surface area contributed by atoms with Crippen LogP contribution < -0.4 is 20.5 Å². The lowest BCUT2D eigenvalue weighted by Crippen LogP contribution is -2.27. The van der Waals surface area contributed by atoms with Crippen LogP contribution in [0.5, 0.6) is 11.6 Å². The van der Waals surface area contributed by atoms with E-state index in [1.54, 1.807) is 31.2 Å². The number of carbonyl (C=O) groups excluding carboxylic acids is 1. The highest BCUT2D eigenvalue weighted by Gasteiger charge is 2.39. The number of carbonyl (C=O) groups is 1. The molecule has 1 amide bonds. The molecule has 0 saturated carbocycles. The maximum Gasteiger partial charge on any atom is 0.438 e. The van der Waals surface area contributed by atoms with Crippen LogP contribution in [0.1, 0.15) is 23.7 Å². The van der Waals surface area contributed by atoms with Gasteiger partial charge in [-0.25, -0.2) is 19.2 Å². The number of amides is 1. The number of alkyl halides is 3. The first-order chi connectivity index (χ1) is 17.1. The zero-order valence-electron chi connectivity index (χ0n) is 18.8. The molecule has 3 aromatic heterocycles. The van der Waals surface area contributed by atoms with Crippen molar-refractivity contribution < 1.29 is 31.8 Å². The van der Waals surface area contributed by atoms with E-state index in [0.29, 0.717) is 11.4 Å². The number of nitrogens with zero attached hydrogens (tertiary/aromatic N) is 4. The third kappa shape index (κ3) is 5.62. The number of halogens is 4. The van der Waals surface area contributed by atoms with Gasteiger partial charge in [0.15, 0.2) is 11.6 Å². The summed E-state index contributed by atoms with van der Waals surface area (Å²) < 4.78 is 65.3. The number of nitrogen functional groups attached to an aromatic ring is 1. The maximum absolute atomic E-state index is 14.0. The van der Waals surface area contributed by atoms with E-state index in [-0.39, 0.29) is 31.1 Å². The predicted molar refractivity (Wildman–Crippen MR) is 121 cm³/mol. The van der Waals surface area contributed by atoms with Gasteiger partial charge in [-0.05, 0) is 41.6 Å². The Morgan fingerprint density at radius 1 is 1.17 bits per heavy atom. The summed E-state index contributed by atoms with van der Waals surface area (Å²) in [5.41, 5.74) is 5.31. The summed E-state index contributed by atoms with van der Waals surface area (Å²) in [6, 6.07) is 8.00. The fourth-order valence-electron chi connectivity index (χ4n) is 3.41. The first-order valence-corrected chi connectivity index (χ1v) is 10.6. The molecule has 4 rings (SSSR count). The minimum Gasteiger partial charge on any atom is -0.476 e. The van der Waals surface area contributed by atoms with Crippen molar-refractivity contribution in [3.8, 4) is 11.6 Å². The van der Waals surface area contributed by atoms with Crippen molar-refractivity contribution in [1.29, 1.82) is 0 Å². The van der Waals surface area contributed by atoms with E-state index in [9.17, 15) is 22.4 Å². The quantitative estimate of drug-likeness (QED) is 0.361. The van der Waals surface area contributed by atoms with Gasteiger partial charge in [-0.2, -0.15) is 18.3 Å². The predicted octanol–water partition coefficient (Wildman–Crippen LogP) is 4.30. The van der Waals surface area contributed by atoms with Crippen molar-refractivity contribution in [2.24, 2.45) is 0 Å². The lowest BCUT2D eigenvalue weighted by Gasteiger charge is -2.09. The number of benzene rings is 1. The molecule has 0 spiro atoms. The number of hydrogen-bond donors (Lipinski definition) is 2. The summed E-state index contributed by atoms with van der Waals surface area (Å²) in [5.74, 6) is -1.42. The van der Waals surface area contributed by atoms with Crippen LogP contribution in [0.15, 0.2) is 48.9 Å². The average Bonchev–Trinajstić information content (AvgIpc) is 3.22. The first-order valence-electron chi connectivity index (χ1n) is 10.6. The van der Waals surface area contributed by atoms with Crippen molar-refractivity contribution >= 4 is 22.7 Å². The van der Waals surface area contributed by atoms with Crippen LogP contribution in [-0.4, -0.2) is 32.4 Å². The fraction of sp³-hybridized carbons (Fsp3) is 0.217. The second-order valence-corrected chi connectivity index (χ2v) is 7.60. The Balaban J connectivity index is 1.46. The van der Waals surface area contributed by atoms with Gasteiger partial charge in [0.1, 0.15) is 5.82 Å². The van der Waals surface area contributed by atoms with Gasteiger partial charge in [0, 0.05) is 24.3 Å². The Hall–Kier alpha value is -4.42. The van der Waals surface area contributed by atoms with Crippen LogP contribution in [0.25, 0.3) is 10.8 Å². The molecular formula is C23H20F4N6O3. The smallest absolute Gasteiger partial charge is 0.438 e. The summed E-state index contributed by atoms with van der Waals surface area (Å²) in [6.07, 6.45) is -2.30. The second-order valence-electron chi connectivity index (χ2n) is 7.60. The highest BCUT2D eigenvalue weighted by atomic mass is 19.4. The minimum absolute atomic E-state index is 0.0103. The van der Waals surface area contributed by atoms with Gasteiger partial charge in [-0.15, -0.1) is 0 Å². The number of nitrogens with one attached hydrogen (secondary N) is 1. The van der Waals surface area contributed by atoms with Crippen molar-refractivity contribution in [3.63, 3.8) is 0 Å². The molecule has 0 bridgehead atoms. The molecule has 3 N–H and O–H groups in total. The first kappa shape index (κ1) is 24.7. The van der Waals surface area contributed by atoms with Gasteiger partial charge in [0.25, 0.3) is 0 Å². The summed E-state index contributed by atoms with van der Waals surface area (Å²) in [6.45, 7) is 1.60. The maximum atomic E-state index is 14.0. The van der Waals surface area contributed by atoms with Crippen LogP contribution in [0.3, 0.4) is 0 Å². The number of aromatic nitrogens is 4. The van der Waals surface area contributed by atoms with E-state index in [0.717, 1.165) is 27.7 Å². The van der Waals surface area contributed by atoms with Gasteiger partial charge < -0.3 is 20.5 Å². The third-order valence-electron chi connectivity index (χ3n) is 4.99. The third-order valence-corrected chi connectivity index (χ3v) is 4.99. The Bertz CT molecular complexity index is 1410. The molecular weight excluding hydrogens is 484 g/mol. The Labute approximate surface area is 201 Å². The van der Waals surface area contributed by atoms with Crippen LogP contribution in [0.4, 0.5) is 28.2 Å². The van der Waals surface area contributed by atoms with Crippen molar-refractivity contribution in [3.05, 3.63) is 71.6 Å². The number of pyridine rings is 2. The molecule has 0 unspecified atom stereocenters. The number of hydrogen-bond acceptors (Lipinski definition) is 7. The van der Waals surface area contributed by atoms with Crippen LogP contribution in [-0.2, 0) is 19.3 Å². The molecule has 0 radical (unpaired) electrons. The monoisotopic (exact) mass is 504 g/mol. The van der Waals surface area contributed by atoms with Crippen molar-refractivity contribution in [2.75, 3.05) is 12.3 Å². The van der Waals surface area contributed by atoms with Crippen LogP contribution in [0.2, 0.25) is 0 Å².